The maximum atomic E-state index is 12.9. The second-order valence-electron chi connectivity index (χ2n) is 7.51. The number of esters is 1. The van der Waals surface area contributed by atoms with E-state index in [4.69, 9.17) is 4.74 Å². The number of ether oxygens (including phenoxy) is 1. The maximum Gasteiger partial charge on any atom is 0.314 e. The fourth-order valence-electron chi connectivity index (χ4n) is 4.29. The van der Waals surface area contributed by atoms with Gasteiger partial charge < -0.3 is 4.74 Å². The minimum atomic E-state index is -0.313. The molecule has 0 bridgehead atoms. The topological polar surface area (TPSA) is 26.3 Å². The Labute approximate surface area is 138 Å². The summed E-state index contributed by atoms with van der Waals surface area (Å²) >= 11 is 0. The molecular weight excluding hydrogens is 291 g/mol. The molecule has 126 valence electrons. The number of rotatable bonds is 3. The van der Waals surface area contributed by atoms with Crippen LogP contribution in [0, 0.1) is 29.5 Å². The summed E-state index contributed by atoms with van der Waals surface area (Å²) in [7, 11) is 0. The van der Waals surface area contributed by atoms with Gasteiger partial charge in [-0.05, 0) is 80.5 Å². The van der Waals surface area contributed by atoms with Crippen LogP contribution in [0.5, 0.6) is 5.75 Å². The van der Waals surface area contributed by atoms with Gasteiger partial charge in [-0.15, -0.1) is 0 Å². The van der Waals surface area contributed by atoms with E-state index in [0.717, 1.165) is 43.4 Å². The van der Waals surface area contributed by atoms with Crippen molar-refractivity contribution < 1.29 is 13.9 Å². The van der Waals surface area contributed by atoms with Crippen LogP contribution in [0.1, 0.15) is 58.3 Å². The van der Waals surface area contributed by atoms with Crippen LogP contribution in [0.15, 0.2) is 24.3 Å². The summed E-state index contributed by atoms with van der Waals surface area (Å²) in [6.07, 6.45) is 9.68. The third kappa shape index (κ3) is 4.33. The molecule has 1 aromatic carbocycles. The molecule has 3 rings (SSSR count). The van der Waals surface area contributed by atoms with Crippen molar-refractivity contribution in [1.82, 2.24) is 0 Å². The largest absolute Gasteiger partial charge is 0.426 e. The maximum absolute atomic E-state index is 12.9. The minimum absolute atomic E-state index is 0.0128. The number of hydrogen-bond donors (Lipinski definition) is 0. The first kappa shape index (κ1) is 16.5. The van der Waals surface area contributed by atoms with E-state index in [1.807, 2.05) is 0 Å². The molecule has 0 unspecified atom stereocenters. The van der Waals surface area contributed by atoms with Gasteiger partial charge in [0.05, 0.1) is 5.92 Å². The highest BCUT2D eigenvalue weighted by atomic mass is 19.1. The van der Waals surface area contributed by atoms with Crippen molar-refractivity contribution >= 4 is 5.97 Å². The monoisotopic (exact) mass is 318 g/mol. The molecule has 0 spiro atoms. The van der Waals surface area contributed by atoms with Gasteiger partial charge in [0.25, 0.3) is 0 Å². The van der Waals surface area contributed by atoms with Crippen LogP contribution in [-0.2, 0) is 4.79 Å². The van der Waals surface area contributed by atoms with Crippen LogP contribution in [0.25, 0.3) is 0 Å². The molecule has 23 heavy (non-hydrogen) atoms. The fourth-order valence-corrected chi connectivity index (χ4v) is 4.29. The molecule has 2 aliphatic rings. The molecule has 2 saturated carbocycles. The van der Waals surface area contributed by atoms with Gasteiger partial charge in [0.15, 0.2) is 0 Å². The van der Waals surface area contributed by atoms with Crippen LogP contribution in [-0.4, -0.2) is 5.97 Å². The van der Waals surface area contributed by atoms with Gasteiger partial charge in [-0.3, -0.25) is 4.79 Å². The lowest BCUT2D eigenvalue weighted by molar-refractivity contribution is -0.140. The van der Waals surface area contributed by atoms with E-state index < -0.39 is 0 Å². The molecule has 0 amide bonds. The van der Waals surface area contributed by atoms with Gasteiger partial charge in [0, 0.05) is 0 Å². The lowest BCUT2D eigenvalue weighted by Gasteiger charge is -2.36. The number of carbonyl (C=O) groups is 1. The van der Waals surface area contributed by atoms with E-state index in [-0.39, 0.29) is 17.7 Å². The predicted molar refractivity (Wildman–Crippen MR) is 88.6 cm³/mol. The molecule has 0 N–H and O–H groups in total. The zero-order valence-electron chi connectivity index (χ0n) is 14.0. The smallest absolute Gasteiger partial charge is 0.314 e. The van der Waals surface area contributed by atoms with Crippen molar-refractivity contribution in [3.05, 3.63) is 30.1 Å². The highest BCUT2D eigenvalue weighted by Gasteiger charge is 2.33. The Hall–Kier alpha value is -1.38. The van der Waals surface area contributed by atoms with Gasteiger partial charge in [-0.25, -0.2) is 4.39 Å². The molecule has 2 nitrogen and oxygen atoms in total. The van der Waals surface area contributed by atoms with Crippen LogP contribution in [0.4, 0.5) is 4.39 Å². The Morgan fingerprint density at radius 3 is 2.00 bits per heavy atom. The SMILES string of the molecule is CC1CCC(C2CCC(C(=O)Oc3ccc(F)cc3)CC2)CC1. The molecule has 0 radical (unpaired) electrons. The first-order valence-electron chi connectivity index (χ1n) is 9.09. The van der Waals surface area contributed by atoms with E-state index in [9.17, 15) is 9.18 Å². The first-order chi connectivity index (χ1) is 11.1. The predicted octanol–water partition coefficient (Wildman–Crippen LogP) is 5.36. The second kappa shape index (κ2) is 7.46. The van der Waals surface area contributed by atoms with Crippen molar-refractivity contribution in [3.8, 4) is 5.75 Å². The minimum Gasteiger partial charge on any atom is -0.426 e. The number of halogens is 1. The first-order valence-corrected chi connectivity index (χ1v) is 9.09. The summed E-state index contributed by atoms with van der Waals surface area (Å²) in [5.41, 5.74) is 0. The Morgan fingerprint density at radius 2 is 1.43 bits per heavy atom. The van der Waals surface area contributed by atoms with E-state index in [1.165, 1.54) is 49.9 Å². The summed E-state index contributed by atoms with van der Waals surface area (Å²) in [6, 6.07) is 5.68. The van der Waals surface area contributed by atoms with Gasteiger partial charge in [-0.2, -0.15) is 0 Å². The summed E-state index contributed by atoms with van der Waals surface area (Å²) < 4.78 is 18.3. The van der Waals surface area contributed by atoms with Gasteiger partial charge >= 0.3 is 5.97 Å². The number of benzene rings is 1. The number of hydrogen-bond acceptors (Lipinski definition) is 2. The van der Waals surface area contributed by atoms with Crippen LogP contribution in [0.2, 0.25) is 0 Å². The van der Waals surface area contributed by atoms with Crippen LogP contribution >= 0.6 is 0 Å². The van der Waals surface area contributed by atoms with Gasteiger partial charge in [0.2, 0.25) is 0 Å². The van der Waals surface area contributed by atoms with E-state index in [0.29, 0.717) is 5.75 Å². The molecule has 2 aliphatic carbocycles. The highest BCUT2D eigenvalue weighted by molar-refractivity contribution is 5.75. The molecule has 0 atom stereocenters. The molecule has 2 fully saturated rings. The summed E-state index contributed by atoms with van der Waals surface area (Å²) in [5, 5.41) is 0. The zero-order valence-corrected chi connectivity index (χ0v) is 14.0. The third-order valence-electron chi connectivity index (χ3n) is 5.86. The molecule has 1 aromatic rings. The van der Waals surface area contributed by atoms with Crippen molar-refractivity contribution in [2.45, 2.75) is 58.3 Å². The Balaban J connectivity index is 1.46. The molecule has 0 aromatic heterocycles. The lowest BCUT2D eigenvalue weighted by Crippen LogP contribution is -2.29. The Morgan fingerprint density at radius 1 is 0.913 bits per heavy atom. The van der Waals surface area contributed by atoms with Crippen LogP contribution in [0.3, 0.4) is 0 Å². The van der Waals surface area contributed by atoms with Crippen molar-refractivity contribution in [2.24, 2.45) is 23.7 Å². The highest BCUT2D eigenvalue weighted by Crippen LogP contribution is 2.41. The fraction of sp³-hybridized carbons (Fsp3) is 0.650. The van der Waals surface area contributed by atoms with Gasteiger partial charge in [0.1, 0.15) is 11.6 Å². The molecule has 0 heterocycles. The standard InChI is InChI=1S/C20H27FO2/c1-14-2-4-15(5-3-14)16-6-8-17(9-7-16)20(22)23-19-12-10-18(21)11-13-19/h10-17H,2-9H2,1H3. The van der Waals surface area contributed by atoms with Gasteiger partial charge in [-0.1, -0.05) is 19.8 Å². The van der Waals surface area contributed by atoms with E-state index in [2.05, 4.69) is 6.92 Å². The van der Waals surface area contributed by atoms with E-state index in [1.54, 1.807) is 0 Å². The van der Waals surface area contributed by atoms with Crippen LogP contribution < -0.4 is 4.74 Å². The Kier molecular flexibility index (Phi) is 5.34. The molecule has 0 saturated heterocycles. The molecule has 0 aliphatic heterocycles. The van der Waals surface area contributed by atoms with E-state index >= 15 is 0 Å². The average molecular weight is 318 g/mol. The molecular formula is C20H27FO2. The summed E-state index contributed by atoms with van der Waals surface area (Å²) in [6.45, 7) is 2.36. The van der Waals surface area contributed by atoms with Crippen molar-refractivity contribution in [1.29, 1.82) is 0 Å². The third-order valence-corrected chi connectivity index (χ3v) is 5.86. The summed E-state index contributed by atoms with van der Waals surface area (Å²) in [4.78, 5) is 12.3. The second-order valence-corrected chi connectivity index (χ2v) is 7.51. The quantitative estimate of drug-likeness (QED) is 0.553. The van der Waals surface area contributed by atoms with Crippen molar-refractivity contribution in [3.63, 3.8) is 0 Å². The van der Waals surface area contributed by atoms with Crippen molar-refractivity contribution in [2.75, 3.05) is 0 Å². The zero-order chi connectivity index (χ0) is 16.2. The lowest BCUT2D eigenvalue weighted by atomic mass is 9.69. The number of carbonyl (C=O) groups excluding carboxylic acids is 1. The summed E-state index contributed by atoms with van der Waals surface area (Å²) in [5.74, 6) is 2.57. The normalized spacial score (nSPS) is 31.6. The Bertz CT molecular complexity index is 509. The molecule has 3 heteroatoms. The average Bonchev–Trinajstić information content (AvgIpc) is 2.58.